The lowest BCUT2D eigenvalue weighted by atomic mass is 9.91. The molecule has 1 aromatic rings. The van der Waals surface area contributed by atoms with Gasteiger partial charge >= 0.3 is 0 Å². The van der Waals surface area contributed by atoms with Crippen LogP contribution in [0.5, 0.6) is 0 Å². The van der Waals surface area contributed by atoms with Crippen LogP contribution in [-0.4, -0.2) is 18.4 Å². The zero-order valence-electron chi connectivity index (χ0n) is 11.3. The smallest absolute Gasteiger partial charge is 0.239 e. The van der Waals surface area contributed by atoms with Crippen molar-refractivity contribution in [3.8, 4) is 0 Å². The Morgan fingerprint density at radius 1 is 1.25 bits per heavy atom. The molecule has 4 nitrogen and oxygen atoms in total. The standard InChI is InChI=1S/C14H16F2N2O2/c1-4-7-17-12(19)14(2,3)13(20)18-9-5-6-10(15)11(16)8-9/h4-6,8H,1,7H2,2-3H3,(H,17,19)(H,18,20). The molecule has 0 heterocycles. The minimum Gasteiger partial charge on any atom is -0.352 e. The first-order valence-corrected chi connectivity index (χ1v) is 5.94. The largest absolute Gasteiger partial charge is 0.352 e. The molecule has 0 aromatic heterocycles. The van der Waals surface area contributed by atoms with Crippen LogP contribution < -0.4 is 10.6 Å². The Bertz CT molecular complexity index is 542. The maximum absolute atomic E-state index is 13.0. The normalized spacial score (nSPS) is 10.8. The van der Waals surface area contributed by atoms with Crippen molar-refractivity contribution in [1.29, 1.82) is 0 Å². The maximum Gasteiger partial charge on any atom is 0.239 e. The van der Waals surface area contributed by atoms with Crippen molar-refractivity contribution in [3.63, 3.8) is 0 Å². The average molecular weight is 282 g/mol. The van der Waals surface area contributed by atoms with Crippen LogP contribution >= 0.6 is 0 Å². The van der Waals surface area contributed by atoms with E-state index in [1.54, 1.807) is 0 Å². The van der Waals surface area contributed by atoms with E-state index in [1.807, 2.05) is 0 Å². The van der Waals surface area contributed by atoms with Gasteiger partial charge in [0, 0.05) is 18.3 Å². The maximum atomic E-state index is 13.0. The third-order valence-electron chi connectivity index (χ3n) is 2.72. The van der Waals surface area contributed by atoms with Crippen LogP contribution in [0.2, 0.25) is 0 Å². The molecule has 0 unspecified atom stereocenters. The molecule has 1 aromatic carbocycles. The van der Waals surface area contributed by atoms with Crippen LogP contribution in [0.25, 0.3) is 0 Å². The molecule has 0 aliphatic heterocycles. The molecule has 0 aliphatic carbocycles. The molecule has 0 fully saturated rings. The molecule has 1 rings (SSSR count). The number of hydrogen-bond acceptors (Lipinski definition) is 2. The van der Waals surface area contributed by atoms with E-state index in [-0.39, 0.29) is 12.2 Å². The van der Waals surface area contributed by atoms with Crippen molar-refractivity contribution in [3.05, 3.63) is 42.5 Å². The van der Waals surface area contributed by atoms with E-state index in [4.69, 9.17) is 0 Å². The van der Waals surface area contributed by atoms with Gasteiger partial charge in [-0.15, -0.1) is 6.58 Å². The summed E-state index contributed by atoms with van der Waals surface area (Å²) >= 11 is 0. The zero-order chi connectivity index (χ0) is 15.3. The van der Waals surface area contributed by atoms with Crippen molar-refractivity contribution in [1.82, 2.24) is 5.32 Å². The quantitative estimate of drug-likeness (QED) is 0.642. The predicted octanol–water partition coefficient (Wildman–Crippen LogP) is 2.23. The van der Waals surface area contributed by atoms with Crippen LogP contribution in [0, 0.1) is 17.0 Å². The van der Waals surface area contributed by atoms with Gasteiger partial charge in [0.05, 0.1) is 0 Å². The van der Waals surface area contributed by atoms with Gasteiger partial charge in [-0.1, -0.05) is 6.08 Å². The molecule has 0 saturated carbocycles. The van der Waals surface area contributed by atoms with Crippen LogP contribution in [0.3, 0.4) is 0 Å². The number of anilines is 1. The molecule has 2 N–H and O–H groups in total. The average Bonchev–Trinajstić information content (AvgIpc) is 2.39. The first-order chi connectivity index (χ1) is 9.28. The number of halogens is 2. The number of amides is 2. The molecule has 2 amide bonds. The molecular formula is C14H16F2N2O2. The molecular weight excluding hydrogens is 266 g/mol. The van der Waals surface area contributed by atoms with E-state index in [2.05, 4.69) is 17.2 Å². The van der Waals surface area contributed by atoms with Gasteiger partial charge in [-0.3, -0.25) is 9.59 Å². The number of nitrogens with one attached hydrogen (secondary N) is 2. The van der Waals surface area contributed by atoms with Crippen molar-refractivity contribution in [2.75, 3.05) is 11.9 Å². The van der Waals surface area contributed by atoms with Crippen LogP contribution in [-0.2, 0) is 9.59 Å². The summed E-state index contributed by atoms with van der Waals surface area (Å²) in [5.41, 5.74) is -1.27. The van der Waals surface area contributed by atoms with E-state index < -0.39 is 28.9 Å². The molecule has 6 heteroatoms. The minimum atomic E-state index is -1.35. The Labute approximate surface area is 115 Å². The first kappa shape index (κ1) is 15.8. The van der Waals surface area contributed by atoms with Crippen molar-refractivity contribution >= 4 is 17.5 Å². The van der Waals surface area contributed by atoms with Gasteiger partial charge in [0.15, 0.2) is 11.6 Å². The monoisotopic (exact) mass is 282 g/mol. The van der Waals surface area contributed by atoms with E-state index in [0.717, 1.165) is 12.1 Å². The summed E-state index contributed by atoms with van der Waals surface area (Å²) in [6.45, 7) is 6.55. The van der Waals surface area contributed by atoms with Gasteiger partial charge in [0.25, 0.3) is 0 Å². The van der Waals surface area contributed by atoms with Crippen molar-refractivity contribution < 1.29 is 18.4 Å². The fourth-order valence-electron chi connectivity index (χ4n) is 1.35. The molecule has 0 spiro atoms. The van der Waals surface area contributed by atoms with Crippen molar-refractivity contribution in [2.45, 2.75) is 13.8 Å². The van der Waals surface area contributed by atoms with Gasteiger partial charge in [-0.05, 0) is 26.0 Å². The third kappa shape index (κ3) is 3.63. The van der Waals surface area contributed by atoms with Gasteiger partial charge in [0.1, 0.15) is 5.41 Å². The second kappa shape index (κ2) is 6.27. The Hall–Kier alpha value is -2.24. The third-order valence-corrected chi connectivity index (χ3v) is 2.72. The molecule has 20 heavy (non-hydrogen) atoms. The van der Waals surface area contributed by atoms with Gasteiger partial charge in [-0.2, -0.15) is 0 Å². The lowest BCUT2D eigenvalue weighted by Gasteiger charge is -2.22. The molecule has 0 saturated heterocycles. The van der Waals surface area contributed by atoms with Crippen molar-refractivity contribution in [2.24, 2.45) is 5.41 Å². The second-order valence-corrected chi connectivity index (χ2v) is 4.71. The highest BCUT2D eigenvalue weighted by atomic mass is 19.2. The minimum absolute atomic E-state index is 0.0819. The molecule has 108 valence electrons. The van der Waals surface area contributed by atoms with E-state index in [0.29, 0.717) is 0 Å². The number of rotatable bonds is 5. The first-order valence-electron chi connectivity index (χ1n) is 5.94. The predicted molar refractivity (Wildman–Crippen MR) is 72.0 cm³/mol. The highest BCUT2D eigenvalue weighted by Crippen LogP contribution is 2.20. The number of carbonyl (C=O) groups is 2. The topological polar surface area (TPSA) is 58.2 Å². The van der Waals surface area contributed by atoms with Crippen LogP contribution in [0.4, 0.5) is 14.5 Å². The van der Waals surface area contributed by atoms with Gasteiger partial charge in [-0.25, -0.2) is 8.78 Å². The van der Waals surface area contributed by atoms with Gasteiger partial charge in [0.2, 0.25) is 11.8 Å². The highest BCUT2D eigenvalue weighted by molar-refractivity contribution is 6.09. The summed E-state index contributed by atoms with van der Waals surface area (Å²) in [5, 5.41) is 4.88. The number of benzene rings is 1. The lowest BCUT2D eigenvalue weighted by Crippen LogP contribution is -2.45. The Morgan fingerprint density at radius 2 is 1.90 bits per heavy atom. The molecule has 0 aliphatic rings. The summed E-state index contributed by atoms with van der Waals surface area (Å²) in [7, 11) is 0. The Kier molecular flexibility index (Phi) is 4.96. The van der Waals surface area contributed by atoms with Gasteiger partial charge < -0.3 is 10.6 Å². The lowest BCUT2D eigenvalue weighted by molar-refractivity contribution is -0.138. The molecule has 0 radical (unpaired) electrons. The second-order valence-electron chi connectivity index (χ2n) is 4.71. The summed E-state index contributed by atoms with van der Waals surface area (Å²) in [6.07, 6.45) is 1.49. The van der Waals surface area contributed by atoms with Crippen LogP contribution in [0.15, 0.2) is 30.9 Å². The highest BCUT2D eigenvalue weighted by Gasteiger charge is 2.35. The molecule has 0 atom stereocenters. The van der Waals surface area contributed by atoms with E-state index >= 15 is 0 Å². The number of hydrogen-bond donors (Lipinski definition) is 2. The van der Waals surface area contributed by atoms with E-state index in [9.17, 15) is 18.4 Å². The molecule has 0 bridgehead atoms. The summed E-state index contributed by atoms with van der Waals surface area (Å²) in [5.74, 6) is -3.19. The Balaban J connectivity index is 2.80. The van der Waals surface area contributed by atoms with E-state index in [1.165, 1.54) is 26.0 Å². The summed E-state index contributed by atoms with van der Waals surface area (Å²) in [6, 6.07) is 2.97. The number of carbonyl (C=O) groups excluding carboxylic acids is 2. The zero-order valence-corrected chi connectivity index (χ0v) is 11.3. The SMILES string of the molecule is C=CCNC(=O)C(C)(C)C(=O)Nc1ccc(F)c(F)c1. The Morgan fingerprint density at radius 3 is 2.45 bits per heavy atom. The fourth-order valence-corrected chi connectivity index (χ4v) is 1.35. The fraction of sp³-hybridized carbons (Fsp3) is 0.286. The summed E-state index contributed by atoms with van der Waals surface area (Å²) < 4.78 is 25.8. The van der Waals surface area contributed by atoms with Crippen LogP contribution in [0.1, 0.15) is 13.8 Å². The summed E-state index contributed by atoms with van der Waals surface area (Å²) in [4.78, 5) is 23.8.